The summed E-state index contributed by atoms with van der Waals surface area (Å²) in [5.41, 5.74) is 6.34. The Morgan fingerprint density at radius 1 is 0.867 bits per heavy atom. The van der Waals surface area contributed by atoms with E-state index in [2.05, 4.69) is 13.8 Å². The SMILES string of the molecule is CC1CCC(C2CCC(C)(N)CC2)CC1. The van der Waals surface area contributed by atoms with E-state index in [0.29, 0.717) is 0 Å². The van der Waals surface area contributed by atoms with Crippen molar-refractivity contribution in [2.45, 2.75) is 70.8 Å². The molecule has 0 aromatic carbocycles. The molecule has 0 aromatic rings. The monoisotopic (exact) mass is 209 g/mol. The molecule has 2 rings (SSSR count). The van der Waals surface area contributed by atoms with Gasteiger partial charge in [-0.1, -0.05) is 19.8 Å². The fraction of sp³-hybridized carbons (Fsp3) is 1.00. The number of hydrogen-bond acceptors (Lipinski definition) is 1. The van der Waals surface area contributed by atoms with Crippen LogP contribution in [0.15, 0.2) is 0 Å². The average molecular weight is 209 g/mol. The van der Waals surface area contributed by atoms with Crippen LogP contribution in [0.25, 0.3) is 0 Å². The van der Waals surface area contributed by atoms with Gasteiger partial charge < -0.3 is 5.73 Å². The molecule has 0 spiro atoms. The first-order chi connectivity index (χ1) is 7.07. The molecule has 1 heteroatoms. The van der Waals surface area contributed by atoms with E-state index in [1.165, 1.54) is 51.4 Å². The van der Waals surface area contributed by atoms with E-state index in [1.54, 1.807) is 0 Å². The van der Waals surface area contributed by atoms with Gasteiger partial charge in [0, 0.05) is 5.54 Å². The van der Waals surface area contributed by atoms with Crippen molar-refractivity contribution in [3.8, 4) is 0 Å². The van der Waals surface area contributed by atoms with Gasteiger partial charge in [0.15, 0.2) is 0 Å². The Kier molecular flexibility index (Phi) is 3.39. The van der Waals surface area contributed by atoms with Gasteiger partial charge in [-0.3, -0.25) is 0 Å². The summed E-state index contributed by atoms with van der Waals surface area (Å²) in [6, 6.07) is 0. The molecule has 2 fully saturated rings. The molecule has 0 aliphatic heterocycles. The molecule has 2 aliphatic carbocycles. The number of rotatable bonds is 1. The van der Waals surface area contributed by atoms with E-state index in [9.17, 15) is 0 Å². The minimum Gasteiger partial charge on any atom is -0.325 e. The second kappa shape index (κ2) is 4.45. The fourth-order valence-corrected chi connectivity index (χ4v) is 3.53. The lowest BCUT2D eigenvalue weighted by Gasteiger charge is -2.40. The van der Waals surface area contributed by atoms with Gasteiger partial charge in [0.2, 0.25) is 0 Å². The maximum absolute atomic E-state index is 6.19. The third kappa shape index (κ3) is 2.96. The summed E-state index contributed by atoms with van der Waals surface area (Å²) < 4.78 is 0. The van der Waals surface area contributed by atoms with Crippen LogP contribution in [0, 0.1) is 17.8 Å². The summed E-state index contributed by atoms with van der Waals surface area (Å²) in [7, 11) is 0. The maximum Gasteiger partial charge on any atom is 0.0126 e. The third-order valence-electron chi connectivity index (χ3n) is 4.90. The molecule has 0 bridgehead atoms. The number of hydrogen-bond donors (Lipinski definition) is 1. The van der Waals surface area contributed by atoms with Crippen molar-refractivity contribution >= 4 is 0 Å². The Hall–Kier alpha value is -0.0400. The smallest absolute Gasteiger partial charge is 0.0126 e. The summed E-state index contributed by atoms with van der Waals surface area (Å²) in [5, 5.41) is 0. The van der Waals surface area contributed by atoms with E-state index in [0.717, 1.165) is 17.8 Å². The van der Waals surface area contributed by atoms with Crippen LogP contribution >= 0.6 is 0 Å². The zero-order valence-electron chi connectivity index (χ0n) is 10.5. The van der Waals surface area contributed by atoms with Crippen LogP contribution in [-0.4, -0.2) is 5.54 Å². The van der Waals surface area contributed by atoms with Crippen LogP contribution in [0.2, 0.25) is 0 Å². The van der Waals surface area contributed by atoms with Gasteiger partial charge in [-0.15, -0.1) is 0 Å². The quantitative estimate of drug-likeness (QED) is 0.700. The van der Waals surface area contributed by atoms with Gasteiger partial charge in [-0.05, 0) is 63.2 Å². The van der Waals surface area contributed by atoms with Crippen molar-refractivity contribution < 1.29 is 0 Å². The van der Waals surface area contributed by atoms with Crippen molar-refractivity contribution in [3.63, 3.8) is 0 Å². The molecule has 1 nitrogen and oxygen atoms in total. The molecule has 0 heterocycles. The van der Waals surface area contributed by atoms with Crippen LogP contribution < -0.4 is 5.73 Å². The number of nitrogens with two attached hydrogens (primary N) is 1. The molecule has 0 amide bonds. The molecule has 0 unspecified atom stereocenters. The zero-order valence-corrected chi connectivity index (χ0v) is 10.5. The van der Waals surface area contributed by atoms with Crippen molar-refractivity contribution in [2.24, 2.45) is 23.5 Å². The Labute approximate surface area is 94.8 Å². The van der Waals surface area contributed by atoms with Crippen molar-refractivity contribution in [2.75, 3.05) is 0 Å². The van der Waals surface area contributed by atoms with E-state index >= 15 is 0 Å². The van der Waals surface area contributed by atoms with E-state index in [4.69, 9.17) is 5.73 Å². The highest BCUT2D eigenvalue weighted by Crippen LogP contribution is 2.41. The largest absolute Gasteiger partial charge is 0.325 e. The molecular weight excluding hydrogens is 182 g/mol. The predicted octanol–water partition coefficient (Wildman–Crippen LogP) is 3.72. The maximum atomic E-state index is 6.19. The summed E-state index contributed by atoms with van der Waals surface area (Å²) in [4.78, 5) is 0. The molecule has 0 radical (unpaired) electrons. The highest BCUT2D eigenvalue weighted by atomic mass is 14.7. The molecular formula is C14H27N. The van der Waals surface area contributed by atoms with Gasteiger partial charge in [-0.25, -0.2) is 0 Å². The van der Waals surface area contributed by atoms with Crippen molar-refractivity contribution in [3.05, 3.63) is 0 Å². The van der Waals surface area contributed by atoms with Crippen LogP contribution in [0.5, 0.6) is 0 Å². The minimum atomic E-state index is 0.151. The van der Waals surface area contributed by atoms with Crippen LogP contribution in [-0.2, 0) is 0 Å². The fourth-order valence-electron chi connectivity index (χ4n) is 3.53. The molecule has 0 atom stereocenters. The summed E-state index contributed by atoms with van der Waals surface area (Å²) in [6.45, 7) is 4.64. The normalized spacial score (nSPS) is 47.8. The first-order valence-electron chi connectivity index (χ1n) is 6.86. The predicted molar refractivity (Wildman–Crippen MR) is 65.7 cm³/mol. The minimum absolute atomic E-state index is 0.151. The molecule has 2 saturated carbocycles. The van der Waals surface area contributed by atoms with E-state index < -0.39 is 0 Å². The molecule has 2 N–H and O–H groups in total. The summed E-state index contributed by atoms with van der Waals surface area (Å²) >= 11 is 0. The Balaban J connectivity index is 1.80. The van der Waals surface area contributed by atoms with Gasteiger partial charge in [0.05, 0.1) is 0 Å². The first-order valence-corrected chi connectivity index (χ1v) is 6.86. The van der Waals surface area contributed by atoms with Gasteiger partial charge >= 0.3 is 0 Å². The van der Waals surface area contributed by atoms with Crippen molar-refractivity contribution in [1.29, 1.82) is 0 Å². The Morgan fingerprint density at radius 3 is 1.87 bits per heavy atom. The van der Waals surface area contributed by atoms with Crippen LogP contribution in [0.4, 0.5) is 0 Å². The van der Waals surface area contributed by atoms with Crippen LogP contribution in [0.1, 0.15) is 65.2 Å². The highest BCUT2D eigenvalue weighted by molar-refractivity contribution is 4.88. The highest BCUT2D eigenvalue weighted by Gasteiger charge is 2.32. The molecule has 0 saturated heterocycles. The lowest BCUT2D eigenvalue weighted by molar-refractivity contribution is 0.143. The van der Waals surface area contributed by atoms with Crippen LogP contribution in [0.3, 0.4) is 0 Å². The lowest BCUT2D eigenvalue weighted by atomic mass is 9.68. The Morgan fingerprint density at radius 2 is 1.33 bits per heavy atom. The lowest BCUT2D eigenvalue weighted by Crippen LogP contribution is -2.41. The third-order valence-corrected chi connectivity index (χ3v) is 4.90. The standard InChI is InChI=1S/C14H27N/c1-11-3-5-12(6-4-11)13-7-9-14(2,15)10-8-13/h11-13H,3-10,15H2,1-2H3. The van der Waals surface area contributed by atoms with Gasteiger partial charge in [-0.2, -0.15) is 0 Å². The topological polar surface area (TPSA) is 26.0 Å². The molecule has 2 aliphatic rings. The molecule has 0 aromatic heterocycles. The molecule has 15 heavy (non-hydrogen) atoms. The van der Waals surface area contributed by atoms with Gasteiger partial charge in [0.25, 0.3) is 0 Å². The zero-order chi connectivity index (χ0) is 10.9. The Bertz CT molecular complexity index is 191. The summed E-state index contributed by atoms with van der Waals surface area (Å²) in [6.07, 6.45) is 11.2. The van der Waals surface area contributed by atoms with Crippen molar-refractivity contribution in [1.82, 2.24) is 0 Å². The molecule has 88 valence electrons. The second-order valence-corrected chi connectivity index (χ2v) is 6.51. The average Bonchev–Trinajstić information content (AvgIpc) is 2.20. The van der Waals surface area contributed by atoms with Gasteiger partial charge in [0.1, 0.15) is 0 Å². The van der Waals surface area contributed by atoms with E-state index in [1.807, 2.05) is 0 Å². The first kappa shape index (κ1) is 11.4. The van der Waals surface area contributed by atoms with E-state index in [-0.39, 0.29) is 5.54 Å². The summed E-state index contributed by atoms with van der Waals surface area (Å²) in [5.74, 6) is 3.04. The second-order valence-electron chi connectivity index (χ2n) is 6.51.